The molecule has 112 heavy (non-hydrogen) atoms. The monoisotopic (exact) mass is 1460 g/mol. The largest absolute Gasteiger partial charge is 0.452 e. The summed E-state index contributed by atoms with van der Waals surface area (Å²) in [5.74, 6) is 0. The van der Waals surface area contributed by atoms with Crippen LogP contribution in [0.1, 0.15) is 85.6 Å². The summed E-state index contributed by atoms with van der Waals surface area (Å²) in [5.41, 5.74) is 11.5. The fourth-order valence-electron chi connectivity index (χ4n) is 17.6. The summed E-state index contributed by atoms with van der Waals surface area (Å²) in [6.45, 7) is 12.1. The number of anilines is 6. The Bertz CT molecular complexity index is 8740. The number of benzene rings is 16. The molecule has 0 N–H and O–H groups in total. The number of aromatic nitrogens is 4. The maximum atomic E-state index is 9.95. The van der Waals surface area contributed by atoms with E-state index in [0.29, 0.717) is 67.0 Å². The first-order valence-corrected chi connectivity index (χ1v) is 37.2. The maximum Gasteiger partial charge on any atom is 0.252 e. The maximum absolute atomic E-state index is 9.95. The number of para-hydroxylation sites is 8. The van der Waals surface area contributed by atoms with Gasteiger partial charge in [0.15, 0.2) is 11.2 Å². The average Bonchev–Trinajstić information content (AvgIpc) is 0.730. The van der Waals surface area contributed by atoms with Gasteiger partial charge in [0.25, 0.3) is 6.71 Å². The number of rotatable bonds is 8. The van der Waals surface area contributed by atoms with Crippen LogP contribution in [-0.4, -0.2) is 25.0 Å². The highest BCUT2D eigenvalue weighted by Crippen LogP contribution is 2.52. The SMILES string of the molecule is [2H]c1c([2H])c([2H])c2c(c1[2H])c1c([2H])c([2H])c([2H])c([2H])c1n2-c1ccc2c(c1)N(c1cc(-c3ccccc3)cc(-c3ccccc3)c1)c1cc(-n3c4ccc(C(C)(C)C)cc4c4cc(C(C)(C)C)ccc43)cc3c1B2c1ccc(-n2c4c([2H])c([2H])c([2H])c([2H])c4c4c([2H])c([2H])c([2H])c([2H])c42)cc1N3c1cccc2c1oc1c(-n3c4c([2H])c([2H])c([2H])c([2H])c4c4c([2H])c([2H])c([2H])c([2H])c43)cccc12. The fraction of sp³-hybridized carbons (Fsp3) is 0.0769. The third-order valence-corrected chi connectivity index (χ3v) is 22.7. The van der Waals surface area contributed by atoms with Crippen LogP contribution in [0, 0.1) is 0 Å². The standard InChI is InChI=1S/C104H75BN6O/c1-103(2,3)68-47-53-92-82(58-68)83-59-69(104(4,5)6)48-54-93(83)108(92)73-62-98-100-99(63-73)111(95-46-26-38-81-80-37-25-45-94(101(80)112-102(81)95)110-90-43-23-17-35-78(90)79-36-18-24-44-91(79)110)97-61-71(107-88-41-21-15-33-76(88)77-34-16-22-42-89(77)107)50-52-85(97)105(100)84-51-49-70(106-86-39-19-13-31-74(86)75-32-14-20-40-87(75)106)60-96(84)109(98)72-56-66(64-27-9-7-10-28-64)55-67(57-72)65-29-11-8-12-30-65/h7-63H,1-6H3/i13D,14D,15D,16D,17D,18D,19D,20D,21D,22D,23D,24D,31D,32D,33D,34D,35D,36D,39D,40D,41D,42D,43D,44D. The predicted octanol–water partition coefficient (Wildman–Crippen LogP) is 26.0. The molecule has 2 aliphatic rings. The first-order chi connectivity index (χ1) is 64.8. The molecule has 7 heterocycles. The van der Waals surface area contributed by atoms with E-state index in [-0.39, 0.29) is 104 Å². The first-order valence-electron chi connectivity index (χ1n) is 49.2. The smallest absolute Gasteiger partial charge is 0.252 e. The highest BCUT2D eigenvalue weighted by atomic mass is 16.3. The second-order valence-electron chi connectivity index (χ2n) is 31.0. The van der Waals surface area contributed by atoms with Crippen molar-refractivity contribution in [3.63, 3.8) is 0 Å². The van der Waals surface area contributed by atoms with Crippen molar-refractivity contribution in [2.75, 3.05) is 9.80 Å². The van der Waals surface area contributed by atoms with Gasteiger partial charge in [-0.05, 0) is 188 Å². The van der Waals surface area contributed by atoms with E-state index in [9.17, 15) is 24.7 Å². The molecule has 0 saturated carbocycles. The molecule has 5 aromatic heterocycles. The van der Waals surface area contributed by atoms with Gasteiger partial charge in [0, 0.05) is 93.7 Å². The molecule has 530 valence electrons. The van der Waals surface area contributed by atoms with E-state index in [4.69, 9.17) is 12.6 Å². The fourth-order valence-corrected chi connectivity index (χ4v) is 17.6. The summed E-state index contributed by atoms with van der Waals surface area (Å²) in [7, 11) is 0. The van der Waals surface area contributed by atoms with E-state index in [1.807, 2.05) is 114 Å². The molecule has 0 fully saturated rings. The van der Waals surface area contributed by atoms with Gasteiger partial charge < -0.3 is 32.5 Å². The summed E-state index contributed by atoms with van der Waals surface area (Å²) in [4.78, 5) is 4.21. The molecule has 0 aliphatic carbocycles. The van der Waals surface area contributed by atoms with Gasteiger partial charge in [-0.2, -0.15) is 0 Å². The number of fused-ring (bicyclic) bond motifs is 19. The number of nitrogens with zero attached hydrogens (tertiary/aromatic N) is 6. The Balaban J connectivity index is 0.923. The molecule has 0 spiro atoms. The number of hydrogen-bond donors (Lipinski definition) is 0. The van der Waals surface area contributed by atoms with Crippen molar-refractivity contribution in [2.24, 2.45) is 0 Å². The van der Waals surface area contributed by atoms with Gasteiger partial charge in [-0.1, -0.05) is 260 Å². The predicted molar refractivity (Wildman–Crippen MR) is 473 cm³/mol. The van der Waals surface area contributed by atoms with Crippen molar-refractivity contribution in [1.82, 2.24) is 18.3 Å². The lowest BCUT2D eigenvalue weighted by atomic mass is 9.33. The Labute approximate surface area is 682 Å². The molecule has 8 heteroatoms. The minimum atomic E-state index is -0.955. The van der Waals surface area contributed by atoms with Crippen molar-refractivity contribution in [3.8, 4) is 45.0 Å². The highest BCUT2D eigenvalue weighted by Gasteiger charge is 2.45. The summed E-state index contributed by atoms with van der Waals surface area (Å²) < 4.78 is 241. The Hall–Kier alpha value is -13.8. The van der Waals surface area contributed by atoms with Crippen LogP contribution in [0.3, 0.4) is 0 Å². The molecular formula is C104H75BN6O. The molecule has 0 bridgehead atoms. The lowest BCUT2D eigenvalue weighted by molar-refractivity contribution is 0.590. The van der Waals surface area contributed by atoms with Crippen LogP contribution in [0.2, 0.25) is 0 Å². The van der Waals surface area contributed by atoms with Gasteiger partial charge in [-0.3, -0.25) is 0 Å². The normalized spacial score (nSPS) is 16.0. The van der Waals surface area contributed by atoms with E-state index < -0.39 is 152 Å². The van der Waals surface area contributed by atoms with Gasteiger partial charge in [0.05, 0.1) is 94.1 Å². The third kappa shape index (κ3) is 9.42. The Morgan fingerprint density at radius 3 is 1.07 bits per heavy atom. The first kappa shape index (κ1) is 44.6. The second-order valence-corrected chi connectivity index (χ2v) is 31.0. The zero-order valence-electron chi connectivity index (χ0n) is 85.2. The Kier molecular flexibility index (Phi) is 9.50. The van der Waals surface area contributed by atoms with E-state index in [1.54, 1.807) is 24.3 Å². The minimum absolute atomic E-state index is 0.115. The zero-order chi connectivity index (χ0) is 95.5. The van der Waals surface area contributed by atoms with Crippen LogP contribution in [0.15, 0.2) is 350 Å². The van der Waals surface area contributed by atoms with Gasteiger partial charge in [-0.25, -0.2) is 0 Å². The average molecular weight is 1460 g/mol. The highest BCUT2D eigenvalue weighted by molar-refractivity contribution is 7.00. The molecule has 0 atom stereocenters. The summed E-state index contributed by atoms with van der Waals surface area (Å²) in [5, 5.41) is 1.86. The third-order valence-electron chi connectivity index (χ3n) is 22.7. The van der Waals surface area contributed by atoms with E-state index in [2.05, 4.69) is 118 Å². The second kappa shape index (κ2) is 23.8. The van der Waals surface area contributed by atoms with E-state index >= 15 is 0 Å². The Morgan fingerprint density at radius 1 is 0.259 bits per heavy atom. The van der Waals surface area contributed by atoms with E-state index in [0.717, 1.165) is 55.2 Å². The van der Waals surface area contributed by atoms with E-state index in [1.165, 1.54) is 13.7 Å². The van der Waals surface area contributed by atoms with Gasteiger partial charge in [0.1, 0.15) is 0 Å². The zero-order valence-corrected chi connectivity index (χ0v) is 61.2. The number of furan rings is 1. The van der Waals surface area contributed by atoms with Crippen LogP contribution in [0.25, 0.3) is 154 Å². The van der Waals surface area contributed by atoms with Crippen LogP contribution >= 0.6 is 0 Å². The summed E-state index contributed by atoms with van der Waals surface area (Å²) >= 11 is 0. The summed E-state index contributed by atoms with van der Waals surface area (Å²) in [6, 6.07) is 51.2. The quantitative estimate of drug-likeness (QED) is 0.142. The molecule has 21 aromatic rings. The van der Waals surface area contributed by atoms with Crippen LogP contribution < -0.4 is 26.2 Å². The van der Waals surface area contributed by atoms with Crippen molar-refractivity contribution in [2.45, 2.75) is 52.4 Å². The molecule has 16 aromatic carbocycles. The van der Waals surface area contributed by atoms with Crippen molar-refractivity contribution in [1.29, 1.82) is 0 Å². The molecule has 23 rings (SSSR count). The van der Waals surface area contributed by atoms with Crippen LogP contribution in [-0.2, 0) is 10.8 Å². The molecular weight excluding hydrogens is 1360 g/mol. The molecule has 0 amide bonds. The van der Waals surface area contributed by atoms with Crippen molar-refractivity contribution < 1.29 is 37.3 Å². The molecule has 0 saturated heterocycles. The number of hydrogen-bond acceptors (Lipinski definition) is 3. The molecule has 0 unspecified atom stereocenters. The lowest BCUT2D eigenvalue weighted by Gasteiger charge is -2.44. The lowest BCUT2D eigenvalue weighted by Crippen LogP contribution is -2.61. The van der Waals surface area contributed by atoms with Crippen LogP contribution in [0.4, 0.5) is 34.1 Å². The van der Waals surface area contributed by atoms with Gasteiger partial charge in [-0.15, -0.1) is 0 Å². The topological polar surface area (TPSA) is 39.3 Å². The van der Waals surface area contributed by atoms with Crippen LogP contribution in [0.5, 0.6) is 0 Å². The van der Waals surface area contributed by atoms with Crippen molar-refractivity contribution >= 4 is 166 Å². The van der Waals surface area contributed by atoms with Gasteiger partial charge in [0.2, 0.25) is 0 Å². The molecule has 7 nitrogen and oxygen atoms in total. The molecule has 2 aliphatic heterocycles. The summed E-state index contributed by atoms with van der Waals surface area (Å²) in [6.07, 6.45) is 0. The Morgan fingerprint density at radius 2 is 0.634 bits per heavy atom. The minimum Gasteiger partial charge on any atom is -0.452 e. The van der Waals surface area contributed by atoms with Gasteiger partial charge >= 0.3 is 0 Å². The van der Waals surface area contributed by atoms with Crippen molar-refractivity contribution in [3.05, 3.63) is 356 Å². The molecule has 0 radical (unpaired) electrons.